The van der Waals surface area contributed by atoms with E-state index in [1.165, 1.54) is 0 Å². The van der Waals surface area contributed by atoms with Crippen LogP contribution in [0.3, 0.4) is 0 Å². The van der Waals surface area contributed by atoms with E-state index >= 15 is 0 Å². The molecule has 0 fully saturated rings. The van der Waals surface area contributed by atoms with E-state index in [2.05, 4.69) is 19.1 Å². The lowest BCUT2D eigenvalue weighted by Gasteiger charge is -1.72. The van der Waals surface area contributed by atoms with Gasteiger partial charge in [0.25, 0.3) is 0 Å². The zero-order valence-corrected chi connectivity index (χ0v) is 6.17. The maximum Gasteiger partial charge on any atom is -0.0376 e. The molecule has 0 spiro atoms. The van der Waals surface area contributed by atoms with Gasteiger partial charge in [0, 0.05) is 0 Å². The molecule has 50 valence electrons. The Labute approximate surface area is 57.6 Å². The van der Waals surface area contributed by atoms with Crippen molar-refractivity contribution in [3.05, 3.63) is 36.5 Å². The molecule has 0 aliphatic heterocycles. The highest BCUT2D eigenvalue weighted by atomic mass is 13.7. The van der Waals surface area contributed by atoms with Gasteiger partial charge in [-0.2, -0.15) is 0 Å². The van der Waals surface area contributed by atoms with E-state index in [4.69, 9.17) is 0 Å². The number of allylic oxidation sites excluding steroid dienone is 6. The summed E-state index contributed by atoms with van der Waals surface area (Å²) in [5.41, 5.74) is 0. The van der Waals surface area contributed by atoms with Crippen LogP contribution in [0.5, 0.6) is 0 Å². The first-order valence-corrected chi connectivity index (χ1v) is 3.36. The molecule has 0 aliphatic carbocycles. The lowest BCUT2D eigenvalue weighted by Crippen LogP contribution is -1.51. The average molecular weight is 122 g/mol. The van der Waals surface area contributed by atoms with Gasteiger partial charge in [-0.3, -0.25) is 0 Å². The van der Waals surface area contributed by atoms with Gasteiger partial charge in [0.05, 0.1) is 0 Å². The van der Waals surface area contributed by atoms with Crippen LogP contribution < -0.4 is 0 Å². The molecule has 9 heavy (non-hydrogen) atoms. The standard InChI is InChI=1S/C9H14/c1-3-5-7-9-8-6-4-2/h3,5-9H,4H2,1-2H3/b5-3+,8-6+,9-7+. The Kier molecular flexibility index (Phi) is 6.59. The summed E-state index contributed by atoms with van der Waals surface area (Å²) in [6, 6.07) is 0. The number of rotatable bonds is 3. The first-order valence-electron chi connectivity index (χ1n) is 3.36. The van der Waals surface area contributed by atoms with Gasteiger partial charge < -0.3 is 0 Å². The zero-order chi connectivity index (χ0) is 6.95. The van der Waals surface area contributed by atoms with Crippen molar-refractivity contribution in [1.29, 1.82) is 0 Å². The fourth-order valence-corrected chi connectivity index (χ4v) is 0.454. The number of hydrogen-bond donors (Lipinski definition) is 0. The van der Waals surface area contributed by atoms with Crippen LogP contribution >= 0.6 is 0 Å². The lowest BCUT2D eigenvalue weighted by atomic mass is 10.4. The van der Waals surface area contributed by atoms with Gasteiger partial charge in [0.1, 0.15) is 0 Å². The average Bonchev–Trinajstić information content (AvgIpc) is 1.89. The molecule has 0 atom stereocenters. The summed E-state index contributed by atoms with van der Waals surface area (Å²) in [5.74, 6) is 0. The number of hydrogen-bond acceptors (Lipinski definition) is 0. The van der Waals surface area contributed by atoms with Crippen molar-refractivity contribution in [1.82, 2.24) is 0 Å². The SMILES string of the molecule is C/C=C/C=C/C=C/CC. The van der Waals surface area contributed by atoms with Crippen molar-refractivity contribution in [2.24, 2.45) is 0 Å². The van der Waals surface area contributed by atoms with Crippen LogP contribution in [0.25, 0.3) is 0 Å². The zero-order valence-electron chi connectivity index (χ0n) is 6.17. The van der Waals surface area contributed by atoms with Crippen LogP contribution in [0.2, 0.25) is 0 Å². The summed E-state index contributed by atoms with van der Waals surface area (Å²) >= 11 is 0. The fraction of sp³-hybridized carbons (Fsp3) is 0.333. The van der Waals surface area contributed by atoms with Gasteiger partial charge in [-0.15, -0.1) is 0 Å². The maximum absolute atomic E-state index is 2.12. The van der Waals surface area contributed by atoms with E-state index in [1.807, 2.05) is 31.2 Å². The summed E-state index contributed by atoms with van der Waals surface area (Å²) < 4.78 is 0. The van der Waals surface area contributed by atoms with E-state index in [1.54, 1.807) is 0 Å². The fourth-order valence-electron chi connectivity index (χ4n) is 0.454. The molecular formula is C9H14. The van der Waals surface area contributed by atoms with Crippen molar-refractivity contribution in [2.45, 2.75) is 20.3 Å². The quantitative estimate of drug-likeness (QED) is 0.504. The van der Waals surface area contributed by atoms with Gasteiger partial charge in [-0.05, 0) is 13.3 Å². The predicted octanol–water partition coefficient (Wildman–Crippen LogP) is 3.08. The molecule has 0 aromatic heterocycles. The van der Waals surface area contributed by atoms with Crippen molar-refractivity contribution < 1.29 is 0 Å². The van der Waals surface area contributed by atoms with E-state index in [0.717, 1.165) is 6.42 Å². The monoisotopic (exact) mass is 122 g/mol. The van der Waals surface area contributed by atoms with Gasteiger partial charge in [-0.1, -0.05) is 43.4 Å². The van der Waals surface area contributed by atoms with Crippen molar-refractivity contribution in [2.75, 3.05) is 0 Å². The Bertz CT molecular complexity index is 116. The molecule has 0 nitrogen and oxygen atoms in total. The van der Waals surface area contributed by atoms with Crippen LogP contribution in [0.1, 0.15) is 20.3 Å². The van der Waals surface area contributed by atoms with Crippen molar-refractivity contribution >= 4 is 0 Å². The second kappa shape index (κ2) is 7.22. The summed E-state index contributed by atoms with van der Waals surface area (Å²) in [4.78, 5) is 0. The van der Waals surface area contributed by atoms with Crippen LogP contribution in [-0.2, 0) is 0 Å². The van der Waals surface area contributed by atoms with Gasteiger partial charge in [0.2, 0.25) is 0 Å². The molecule has 0 rings (SSSR count). The summed E-state index contributed by atoms with van der Waals surface area (Å²) in [6.07, 6.45) is 13.4. The van der Waals surface area contributed by atoms with Crippen LogP contribution in [0.15, 0.2) is 36.5 Å². The van der Waals surface area contributed by atoms with E-state index in [0.29, 0.717) is 0 Å². The predicted molar refractivity (Wildman–Crippen MR) is 43.4 cm³/mol. The Balaban J connectivity index is 3.35. The van der Waals surface area contributed by atoms with Gasteiger partial charge in [-0.25, -0.2) is 0 Å². The highest BCUT2D eigenvalue weighted by molar-refractivity contribution is 5.10. The molecule has 0 N–H and O–H groups in total. The minimum atomic E-state index is 1.11. The third kappa shape index (κ3) is 7.22. The molecule has 0 radical (unpaired) electrons. The van der Waals surface area contributed by atoms with Gasteiger partial charge in [0.15, 0.2) is 0 Å². The third-order valence-electron chi connectivity index (χ3n) is 0.898. The largest absolute Gasteiger partial charge is 0.0877 e. The molecule has 0 saturated heterocycles. The van der Waals surface area contributed by atoms with E-state index in [-0.39, 0.29) is 0 Å². The van der Waals surface area contributed by atoms with Crippen molar-refractivity contribution in [3.8, 4) is 0 Å². The molecule has 0 unspecified atom stereocenters. The first kappa shape index (κ1) is 8.22. The Morgan fingerprint density at radius 2 is 1.67 bits per heavy atom. The molecule has 0 amide bonds. The van der Waals surface area contributed by atoms with Crippen LogP contribution in [0, 0.1) is 0 Å². The first-order chi connectivity index (χ1) is 4.41. The Hall–Kier alpha value is -0.780. The van der Waals surface area contributed by atoms with Gasteiger partial charge >= 0.3 is 0 Å². The molecule has 0 heteroatoms. The highest BCUT2D eigenvalue weighted by Gasteiger charge is 1.60. The Morgan fingerprint density at radius 3 is 2.22 bits per heavy atom. The Morgan fingerprint density at radius 1 is 1.00 bits per heavy atom. The summed E-state index contributed by atoms with van der Waals surface area (Å²) in [7, 11) is 0. The maximum atomic E-state index is 2.12. The summed E-state index contributed by atoms with van der Waals surface area (Å²) in [5, 5.41) is 0. The normalized spacial score (nSPS) is 12.7. The second-order valence-electron chi connectivity index (χ2n) is 1.75. The lowest BCUT2D eigenvalue weighted by molar-refractivity contribution is 1.22. The minimum Gasteiger partial charge on any atom is -0.0877 e. The smallest absolute Gasteiger partial charge is 0.0376 e. The van der Waals surface area contributed by atoms with E-state index < -0.39 is 0 Å². The molecular weight excluding hydrogens is 108 g/mol. The molecule has 0 aromatic rings. The second-order valence-corrected chi connectivity index (χ2v) is 1.75. The molecule has 0 aliphatic rings. The molecule has 0 heterocycles. The third-order valence-corrected chi connectivity index (χ3v) is 0.898. The summed E-state index contributed by atoms with van der Waals surface area (Å²) in [6.45, 7) is 4.13. The topological polar surface area (TPSA) is 0 Å². The molecule has 0 aromatic carbocycles. The minimum absolute atomic E-state index is 1.11. The van der Waals surface area contributed by atoms with Crippen LogP contribution in [0.4, 0.5) is 0 Å². The van der Waals surface area contributed by atoms with Crippen LogP contribution in [-0.4, -0.2) is 0 Å². The van der Waals surface area contributed by atoms with Crippen molar-refractivity contribution in [3.63, 3.8) is 0 Å². The molecule has 0 saturated carbocycles. The highest BCUT2D eigenvalue weighted by Crippen LogP contribution is 1.82. The molecule has 0 bridgehead atoms. The van der Waals surface area contributed by atoms with E-state index in [9.17, 15) is 0 Å².